The first-order valence-corrected chi connectivity index (χ1v) is 10.1. The van der Waals surface area contributed by atoms with Crippen LogP contribution in [0.2, 0.25) is 0 Å². The van der Waals surface area contributed by atoms with Crippen LogP contribution in [0.1, 0.15) is 27.0 Å². The average molecular weight is 418 g/mol. The number of hydrogen-bond acceptors (Lipinski definition) is 6. The molecule has 0 bridgehead atoms. The normalized spacial score (nSPS) is 10.9. The first-order chi connectivity index (χ1) is 14.4. The van der Waals surface area contributed by atoms with Gasteiger partial charge in [0.25, 0.3) is 11.6 Å². The van der Waals surface area contributed by atoms with Gasteiger partial charge in [-0.2, -0.15) is 0 Å². The van der Waals surface area contributed by atoms with Crippen molar-refractivity contribution in [1.82, 2.24) is 9.97 Å². The van der Waals surface area contributed by atoms with E-state index in [2.05, 4.69) is 17.1 Å². The zero-order valence-electron chi connectivity index (χ0n) is 16.4. The van der Waals surface area contributed by atoms with E-state index < -0.39 is 4.92 Å². The summed E-state index contributed by atoms with van der Waals surface area (Å²) < 4.78 is 1.01. The summed E-state index contributed by atoms with van der Waals surface area (Å²) in [4.78, 5) is 34.3. The Morgan fingerprint density at radius 3 is 2.60 bits per heavy atom. The molecule has 2 aromatic heterocycles. The Kier molecular flexibility index (Phi) is 5.24. The molecule has 0 spiro atoms. The van der Waals surface area contributed by atoms with Crippen LogP contribution in [0.25, 0.3) is 10.2 Å². The molecule has 4 rings (SSSR count). The number of amides is 1. The molecule has 0 fully saturated rings. The number of carbonyl (C=O) groups excluding carboxylic acids is 1. The molecule has 0 N–H and O–H groups in total. The van der Waals surface area contributed by atoms with E-state index in [4.69, 9.17) is 4.98 Å². The van der Waals surface area contributed by atoms with Crippen molar-refractivity contribution in [3.63, 3.8) is 0 Å². The van der Waals surface area contributed by atoms with Gasteiger partial charge < -0.3 is 0 Å². The monoisotopic (exact) mass is 418 g/mol. The van der Waals surface area contributed by atoms with Gasteiger partial charge in [0.05, 0.1) is 21.7 Å². The van der Waals surface area contributed by atoms with Gasteiger partial charge in [-0.1, -0.05) is 23.5 Å². The molecule has 0 saturated heterocycles. The lowest BCUT2D eigenvalue weighted by Gasteiger charge is -2.20. The second-order valence-electron chi connectivity index (χ2n) is 6.98. The van der Waals surface area contributed by atoms with Crippen molar-refractivity contribution in [2.24, 2.45) is 0 Å². The third-order valence-electron chi connectivity index (χ3n) is 4.68. The summed E-state index contributed by atoms with van der Waals surface area (Å²) in [5, 5.41) is 11.5. The topological polar surface area (TPSA) is 89.2 Å². The van der Waals surface area contributed by atoms with Crippen LogP contribution in [0.5, 0.6) is 0 Å². The summed E-state index contributed by atoms with van der Waals surface area (Å²) in [5.74, 6) is -0.276. The van der Waals surface area contributed by atoms with E-state index in [0.717, 1.165) is 26.9 Å². The Balaban J connectivity index is 1.77. The molecule has 0 aliphatic rings. The number of non-ortho nitro benzene ring substituents is 1. The smallest absolute Gasteiger partial charge is 0.269 e. The van der Waals surface area contributed by atoms with E-state index in [1.54, 1.807) is 17.3 Å². The minimum absolute atomic E-state index is 0.0588. The van der Waals surface area contributed by atoms with Crippen LogP contribution < -0.4 is 4.90 Å². The maximum Gasteiger partial charge on any atom is 0.269 e. The summed E-state index contributed by atoms with van der Waals surface area (Å²) in [6.45, 7) is 4.32. The van der Waals surface area contributed by atoms with Gasteiger partial charge in [-0.05, 0) is 54.8 Å². The van der Waals surface area contributed by atoms with Crippen LogP contribution in [-0.2, 0) is 6.54 Å². The zero-order chi connectivity index (χ0) is 21.3. The molecule has 150 valence electrons. The Bertz CT molecular complexity index is 1240. The third kappa shape index (κ3) is 3.90. The van der Waals surface area contributed by atoms with E-state index in [1.807, 2.05) is 26.0 Å². The van der Waals surface area contributed by atoms with Crippen molar-refractivity contribution in [2.75, 3.05) is 4.90 Å². The number of nitro benzene ring substituents is 1. The second-order valence-corrected chi connectivity index (χ2v) is 7.99. The van der Waals surface area contributed by atoms with Gasteiger partial charge in [-0.25, -0.2) is 4.98 Å². The highest BCUT2D eigenvalue weighted by Gasteiger charge is 2.23. The highest BCUT2D eigenvalue weighted by Crippen LogP contribution is 2.33. The first-order valence-electron chi connectivity index (χ1n) is 9.25. The van der Waals surface area contributed by atoms with Crippen LogP contribution in [0, 0.1) is 24.0 Å². The molecule has 0 aliphatic carbocycles. The Morgan fingerprint density at radius 1 is 1.17 bits per heavy atom. The lowest BCUT2D eigenvalue weighted by molar-refractivity contribution is -0.384. The number of rotatable bonds is 5. The van der Waals surface area contributed by atoms with E-state index in [0.29, 0.717) is 17.2 Å². The summed E-state index contributed by atoms with van der Waals surface area (Å²) >= 11 is 1.45. The highest BCUT2D eigenvalue weighted by atomic mass is 32.1. The van der Waals surface area contributed by atoms with Crippen molar-refractivity contribution in [3.05, 3.63) is 93.3 Å². The molecule has 4 aromatic rings. The van der Waals surface area contributed by atoms with Gasteiger partial charge in [0, 0.05) is 30.1 Å². The molecular weight excluding hydrogens is 400 g/mol. The number of carbonyl (C=O) groups is 1. The number of nitrogens with zero attached hydrogens (tertiary/aromatic N) is 4. The van der Waals surface area contributed by atoms with Gasteiger partial charge >= 0.3 is 0 Å². The van der Waals surface area contributed by atoms with Gasteiger partial charge in [0.1, 0.15) is 0 Å². The molecule has 0 atom stereocenters. The highest BCUT2D eigenvalue weighted by molar-refractivity contribution is 7.22. The number of anilines is 1. The van der Waals surface area contributed by atoms with Crippen molar-refractivity contribution in [1.29, 1.82) is 0 Å². The molecule has 2 aromatic carbocycles. The minimum atomic E-state index is -0.486. The van der Waals surface area contributed by atoms with Crippen LogP contribution >= 0.6 is 11.3 Å². The number of aryl methyl sites for hydroxylation is 2. The molecule has 7 nitrogen and oxygen atoms in total. The van der Waals surface area contributed by atoms with Crippen LogP contribution in [0.4, 0.5) is 10.8 Å². The van der Waals surface area contributed by atoms with Crippen molar-refractivity contribution in [2.45, 2.75) is 20.4 Å². The molecule has 2 heterocycles. The number of hydrogen-bond donors (Lipinski definition) is 0. The average Bonchev–Trinajstić information content (AvgIpc) is 3.16. The van der Waals surface area contributed by atoms with E-state index in [9.17, 15) is 14.9 Å². The minimum Gasteiger partial charge on any atom is -0.279 e. The molecular formula is C22H18N4O3S. The number of thiazole rings is 1. The molecule has 0 unspecified atom stereocenters. The van der Waals surface area contributed by atoms with Crippen molar-refractivity contribution < 1.29 is 9.72 Å². The fraction of sp³-hybridized carbons (Fsp3) is 0.136. The van der Waals surface area contributed by atoms with Gasteiger partial charge in [-0.3, -0.25) is 24.8 Å². The van der Waals surface area contributed by atoms with E-state index >= 15 is 0 Å². The Hall–Kier alpha value is -3.65. The molecule has 30 heavy (non-hydrogen) atoms. The zero-order valence-corrected chi connectivity index (χ0v) is 17.2. The van der Waals surface area contributed by atoms with Gasteiger partial charge in [0.2, 0.25) is 0 Å². The lowest BCUT2D eigenvalue weighted by Crippen LogP contribution is -2.30. The number of fused-ring (bicyclic) bond motifs is 1. The lowest BCUT2D eigenvalue weighted by atomic mass is 10.1. The van der Waals surface area contributed by atoms with Crippen LogP contribution in [-0.4, -0.2) is 20.8 Å². The SMILES string of the molecule is Cc1cc(C)c2nc(N(Cc3cccnc3)C(=O)c3ccc([N+](=O)[O-])cc3)sc2c1. The predicted octanol–water partition coefficient (Wildman–Crippen LogP) is 5.06. The fourth-order valence-electron chi connectivity index (χ4n) is 3.26. The van der Waals surface area contributed by atoms with E-state index in [-0.39, 0.29) is 11.6 Å². The standard InChI is InChI=1S/C22H18N4O3S/c1-14-10-15(2)20-19(11-14)30-22(24-20)25(13-16-4-3-9-23-12-16)21(27)17-5-7-18(8-6-17)26(28)29/h3-12H,13H2,1-2H3. The third-order valence-corrected chi connectivity index (χ3v) is 5.71. The number of aromatic nitrogens is 2. The summed E-state index contributed by atoms with van der Waals surface area (Å²) in [6.07, 6.45) is 3.38. The van der Waals surface area contributed by atoms with Crippen LogP contribution in [0.3, 0.4) is 0 Å². The maximum atomic E-state index is 13.4. The largest absolute Gasteiger partial charge is 0.279 e. The number of benzene rings is 2. The van der Waals surface area contributed by atoms with E-state index in [1.165, 1.54) is 35.6 Å². The van der Waals surface area contributed by atoms with Gasteiger partial charge in [0.15, 0.2) is 5.13 Å². The molecule has 0 aliphatic heterocycles. The molecule has 8 heteroatoms. The number of pyridine rings is 1. The fourth-order valence-corrected chi connectivity index (χ4v) is 4.40. The van der Waals surface area contributed by atoms with Crippen molar-refractivity contribution >= 4 is 38.3 Å². The first kappa shape index (κ1) is 19.7. The second kappa shape index (κ2) is 8.00. The van der Waals surface area contributed by atoms with Crippen molar-refractivity contribution in [3.8, 4) is 0 Å². The summed E-state index contributed by atoms with van der Waals surface area (Å²) in [5.41, 5.74) is 4.22. The quantitative estimate of drug-likeness (QED) is 0.334. The Morgan fingerprint density at radius 2 is 1.93 bits per heavy atom. The summed E-state index contributed by atoms with van der Waals surface area (Å²) in [7, 11) is 0. The summed E-state index contributed by atoms with van der Waals surface area (Å²) in [6, 6.07) is 13.4. The maximum absolute atomic E-state index is 13.4. The molecule has 0 radical (unpaired) electrons. The Labute approximate surface area is 176 Å². The van der Waals surface area contributed by atoms with Crippen LogP contribution in [0.15, 0.2) is 60.9 Å². The molecule has 1 amide bonds. The van der Waals surface area contributed by atoms with Gasteiger partial charge in [-0.15, -0.1) is 0 Å². The predicted molar refractivity (Wildman–Crippen MR) is 117 cm³/mol. The molecule has 0 saturated carbocycles. The number of nitro groups is 1.